The number of amides is 2. The number of hydrogen-bond acceptors (Lipinski definition) is 5. The molecule has 0 saturated heterocycles. The predicted molar refractivity (Wildman–Crippen MR) is 118 cm³/mol. The lowest BCUT2D eigenvalue weighted by Gasteiger charge is -2.08. The summed E-state index contributed by atoms with van der Waals surface area (Å²) in [5, 5.41) is 9.97. The van der Waals surface area contributed by atoms with Crippen molar-refractivity contribution in [2.75, 3.05) is 10.6 Å². The first-order valence-corrected chi connectivity index (χ1v) is 10.2. The van der Waals surface area contributed by atoms with Crippen molar-refractivity contribution in [2.24, 2.45) is 0 Å². The Hall–Kier alpha value is -3.78. The summed E-state index contributed by atoms with van der Waals surface area (Å²) in [6, 6.07) is 16.4. The van der Waals surface area contributed by atoms with Gasteiger partial charge < -0.3 is 10.3 Å². The third kappa shape index (κ3) is 4.61. The summed E-state index contributed by atoms with van der Waals surface area (Å²) in [7, 11) is 0. The van der Waals surface area contributed by atoms with E-state index in [0.717, 1.165) is 22.2 Å². The molecular formula is C22H18N4O3S. The van der Waals surface area contributed by atoms with Crippen LogP contribution in [0.3, 0.4) is 0 Å². The van der Waals surface area contributed by atoms with Crippen molar-refractivity contribution < 1.29 is 9.59 Å². The largest absolute Gasteiger partial charge is 0.328 e. The number of aryl methyl sites for hydroxylation is 1. The fraction of sp³-hybridized carbons (Fsp3) is 0.0909. The topological polar surface area (TPSA) is 104 Å². The molecule has 2 aromatic carbocycles. The van der Waals surface area contributed by atoms with Crippen molar-refractivity contribution >= 4 is 44.7 Å². The Bertz CT molecular complexity index is 1250. The predicted octanol–water partition coefficient (Wildman–Crippen LogP) is 3.81. The molecule has 0 radical (unpaired) electrons. The summed E-state index contributed by atoms with van der Waals surface area (Å²) >= 11 is 1.29. The molecule has 30 heavy (non-hydrogen) atoms. The molecule has 7 nitrogen and oxygen atoms in total. The summed E-state index contributed by atoms with van der Waals surface area (Å²) in [6.07, 6.45) is 2.09. The van der Waals surface area contributed by atoms with E-state index in [1.54, 1.807) is 0 Å². The van der Waals surface area contributed by atoms with Gasteiger partial charge in [0.25, 0.3) is 5.91 Å². The molecule has 0 unspecified atom stereocenters. The highest BCUT2D eigenvalue weighted by molar-refractivity contribution is 7.14. The van der Waals surface area contributed by atoms with E-state index in [2.05, 4.69) is 20.6 Å². The van der Waals surface area contributed by atoms with Gasteiger partial charge in [-0.05, 0) is 23.9 Å². The molecule has 0 saturated carbocycles. The fourth-order valence-corrected chi connectivity index (χ4v) is 3.73. The van der Waals surface area contributed by atoms with Crippen LogP contribution >= 0.6 is 11.3 Å². The summed E-state index contributed by atoms with van der Waals surface area (Å²) < 4.78 is 0. The highest BCUT2D eigenvalue weighted by Crippen LogP contribution is 2.23. The third-order valence-corrected chi connectivity index (χ3v) is 5.30. The molecule has 3 N–H and O–H groups in total. The monoisotopic (exact) mass is 418 g/mol. The van der Waals surface area contributed by atoms with Crippen LogP contribution in [0.15, 0.2) is 71.0 Å². The molecule has 4 aromatic rings. The van der Waals surface area contributed by atoms with E-state index in [1.165, 1.54) is 29.7 Å². The second-order valence-corrected chi connectivity index (χ2v) is 7.47. The molecule has 0 fully saturated rings. The van der Waals surface area contributed by atoms with Crippen LogP contribution < -0.4 is 16.2 Å². The van der Waals surface area contributed by atoms with Gasteiger partial charge in [0.1, 0.15) is 0 Å². The van der Waals surface area contributed by atoms with Crippen molar-refractivity contribution in [3.8, 4) is 0 Å². The first kappa shape index (κ1) is 19.5. The van der Waals surface area contributed by atoms with Crippen molar-refractivity contribution in [1.82, 2.24) is 9.97 Å². The number of H-pyrrole nitrogens is 1. The van der Waals surface area contributed by atoms with Gasteiger partial charge in [-0.25, -0.2) is 4.98 Å². The number of rotatable bonds is 6. The van der Waals surface area contributed by atoms with Gasteiger partial charge in [-0.1, -0.05) is 36.4 Å². The summed E-state index contributed by atoms with van der Waals surface area (Å²) in [6.45, 7) is 0. The van der Waals surface area contributed by atoms with E-state index < -0.39 is 0 Å². The smallest absolute Gasteiger partial charge is 0.258 e. The van der Waals surface area contributed by atoms with Gasteiger partial charge in [-0.2, -0.15) is 0 Å². The number of hydrogen-bond donors (Lipinski definition) is 3. The SMILES string of the molecule is O=C(CCc1csc(NC(=O)c2ccc(=O)[nH]c2)n1)Nc1cccc2ccccc12. The number of nitrogens with zero attached hydrogens (tertiary/aromatic N) is 1. The van der Waals surface area contributed by atoms with Crippen LogP contribution in [0.4, 0.5) is 10.8 Å². The molecular weight excluding hydrogens is 400 g/mol. The molecule has 0 atom stereocenters. The van der Waals surface area contributed by atoms with Gasteiger partial charge in [0, 0.05) is 35.1 Å². The number of thiazole rings is 1. The van der Waals surface area contributed by atoms with E-state index in [4.69, 9.17) is 0 Å². The maximum Gasteiger partial charge on any atom is 0.258 e. The molecule has 2 amide bonds. The van der Waals surface area contributed by atoms with E-state index in [1.807, 2.05) is 47.8 Å². The van der Waals surface area contributed by atoms with Gasteiger partial charge in [0.15, 0.2) is 5.13 Å². The summed E-state index contributed by atoms with van der Waals surface area (Å²) in [4.78, 5) is 42.5. The number of aromatic nitrogens is 2. The minimum Gasteiger partial charge on any atom is -0.328 e. The Kier molecular flexibility index (Phi) is 5.67. The average molecular weight is 418 g/mol. The Balaban J connectivity index is 1.33. The van der Waals surface area contributed by atoms with E-state index in [9.17, 15) is 14.4 Å². The lowest BCUT2D eigenvalue weighted by atomic mass is 10.1. The Morgan fingerprint density at radius 1 is 1.00 bits per heavy atom. The first-order chi connectivity index (χ1) is 14.6. The number of aromatic amines is 1. The molecule has 150 valence electrons. The van der Waals surface area contributed by atoms with E-state index >= 15 is 0 Å². The molecule has 0 aliphatic rings. The van der Waals surface area contributed by atoms with Crippen molar-refractivity contribution in [3.63, 3.8) is 0 Å². The van der Waals surface area contributed by atoms with Gasteiger partial charge >= 0.3 is 0 Å². The normalized spacial score (nSPS) is 10.7. The Morgan fingerprint density at radius 3 is 2.67 bits per heavy atom. The van der Waals surface area contributed by atoms with E-state index in [0.29, 0.717) is 17.1 Å². The lowest BCUT2D eigenvalue weighted by Crippen LogP contribution is -2.14. The number of pyridine rings is 1. The number of anilines is 2. The third-order valence-electron chi connectivity index (χ3n) is 4.49. The van der Waals surface area contributed by atoms with Gasteiger partial charge in [-0.15, -0.1) is 11.3 Å². The summed E-state index contributed by atoms with van der Waals surface area (Å²) in [5.41, 5.74) is 1.57. The molecule has 2 aromatic heterocycles. The quantitative estimate of drug-likeness (QED) is 0.443. The second kappa shape index (κ2) is 8.71. The second-order valence-electron chi connectivity index (χ2n) is 6.61. The van der Waals surface area contributed by atoms with Crippen LogP contribution in [0.1, 0.15) is 22.5 Å². The van der Waals surface area contributed by atoms with Crippen molar-refractivity contribution in [2.45, 2.75) is 12.8 Å². The Labute approximate surface area is 175 Å². The highest BCUT2D eigenvalue weighted by atomic mass is 32.1. The van der Waals surface area contributed by atoms with Crippen LogP contribution in [0.5, 0.6) is 0 Å². The lowest BCUT2D eigenvalue weighted by molar-refractivity contribution is -0.116. The number of carbonyl (C=O) groups is 2. The van der Waals surface area contributed by atoms with Crippen molar-refractivity contribution in [3.05, 3.63) is 87.8 Å². The van der Waals surface area contributed by atoms with Gasteiger partial charge in [0.2, 0.25) is 11.5 Å². The minimum absolute atomic E-state index is 0.0989. The number of benzene rings is 2. The van der Waals surface area contributed by atoms with Gasteiger partial charge in [0.05, 0.1) is 11.3 Å². The number of nitrogens with one attached hydrogen (secondary N) is 3. The number of carbonyl (C=O) groups excluding carboxylic acids is 2. The molecule has 4 rings (SSSR count). The van der Waals surface area contributed by atoms with Crippen LogP contribution in [0.25, 0.3) is 10.8 Å². The average Bonchev–Trinajstić information content (AvgIpc) is 3.20. The van der Waals surface area contributed by atoms with Crippen LogP contribution in [-0.2, 0) is 11.2 Å². The minimum atomic E-state index is -0.360. The van der Waals surface area contributed by atoms with Crippen LogP contribution in [0, 0.1) is 0 Å². The molecule has 0 aliphatic heterocycles. The van der Waals surface area contributed by atoms with Crippen LogP contribution in [-0.4, -0.2) is 21.8 Å². The molecule has 0 aliphatic carbocycles. The molecule has 0 spiro atoms. The zero-order chi connectivity index (χ0) is 20.9. The van der Waals surface area contributed by atoms with Crippen LogP contribution in [0.2, 0.25) is 0 Å². The van der Waals surface area contributed by atoms with Crippen molar-refractivity contribution in [1.29, 1.82) is 0 Å². The zero-order valence-corrected chi connectivity index (χ0v) is 16.7. The molecule has 8 heteroatoms. The highest BCUT2D eigenvalue weighted by Gasteiger charge is 2.11. The Morgan fingerprint density at radius 2 is 1.83 bits per heavy atom. The number of fused-ring (bicyclic) bond motifs is 1. The molecule has 0 bridgehead atoms. The van der Waals surface area contributed by atoms with E-state index in [-0.39, 0.29) is 23.8 Å². The fourth-order valence-electron chi connectivity index (χ4n) is 2.99. The summed E-state index contributed by atoms with van der Waals surface area (Å²) in [5.74, 6) is -0.459. The zero-order valence-electron chi connectivity index (χ0n) is 15.8. The molecule has 2 heterocycles. The van der Waals surface area contributed by atoms with Gasteiger partial charge in [-0.3, -0.25) is 19.7 Å². The standard InChI is InChI=1S/C22H18N4O3S/c27-19-10-8-15(12-23-19)21(29)26-22-24-16(13-30-22)9-11-20(28)25-18-7-3-5-14-4-1-2-6-17(14)18/h1-8,10,12-13H,9,11H2,(H,23,27)(H,25,28)(H,24,26,29). The first-order valence-electron chi connectivity index (χ1n) is 9.30. The maximum absolute atomic E-state index is 12.4. The maximum atomic E-state index is 12.4.